The highest BCUT2D eigenvalue weighted by molar-refractivity contribution is 4.56. The fourth-order valence-corrected chi connectivity index (χ4v) is 4.17. The smallest absolute Gasteiger partial charge is 0.0786 e. The minimum absolute atomic E-state index is 0. The molecule has 0 aromatic heterocycles. The van der Waals surface area contributed by atoms with Crippen LogP contribution in [0.3, 0.4) is 0 Å². The summed E-state index contributed by atoms with van der Waals surface area (Å²) >= 11 is 0. The molecule has 140 valence electrons. The summed E-state index contributed by atoms with van der Waals surface area (Å²) in [5, 5.41) is 0. The lowest BCUT2D eigenvalue weighted by molar-refractivity contribution is -0.932. The summed E-state index contributed by atoms with van der Waals surface area (Å²) in [4.78, 5) is 0. The van der Waals surface area contributed by atoms with Crippen molar-refractivity contribution in [1.29, 1.82) is 0 Å². The molecular weight excluding hydrogens is 302 g/mol. The van der Waals surface area contributed by atoms with Crippen LogP contribution in [-0.2, 0) is 0 Å². The number of hydrogen-bond acceptors (Lipinski definition) is 0. The van der Waals surface area contributed by atoms with Gasteiger partial charge in [-0.25, -0.2) is 0 Å². The third-order valence-corrected chi connectivity index (χ3v) is 5.74. The van der Waals surface area contributed by atoms with Crippen LogP contribution in [0.5, 0.6) is 0 Å². The molecule has 23 heavy (non-hydrogen) atoms. The van der Waals surface area contributed by atoms with E-state index in [0.717, 1.165) is 0 Å². The molecule has 0 saturated carbocycles. The minimum atomic E-state index is 0. The van der Waals surface area contributed by atoms with Crippen molar-refractivity contribution in [2.75, 3.05) is 26.2 Å². The van der Waals surface area contributed by atoms with Gasteiger partial charge in [0.05, 0.1) is 26.2 Å². The monoisotopic (exact) mass is 345 g/mol. The Balaban J connectivity index is 0.00000484. The highest BCUT2D eigenvalue weighted by Gasteiger charge is 2.28. The SMILES string of the molecule is CCCCCCCCCCCC[N+]1(CCCC)CCCCC1.[Cl-]. The van der Waals surface area contributed by atoms with Gasteiger partial charge < -0.3 is 16.9 Å². The van der Waals surface area contributed by atoms with E-state index in [-0.39, 0.29) is 12.4 Å². The molecule has 0 N–H and O–H groups in total. The van der Waals surface area contributed by atoms with Gasteiger partial charge in [-0.3, -0.25) is 0 Å². The lowest BCUT2D eigenvalue weighted by Gasteiger charge is -2.42. The zero-order chi connectivity index (χ0) is 15.9. The second kappa shape index (κ2) is 15.8. The molecule has 1 nitrogen and oxygen atoms in total. The van der Waals surface area contributed by atoms with Gasteiger partial charge in [-0.2, -0.15) is 0 Å². The zero-order valence-corrected chi connectivity index (χ0v) is 17.0. The van der Waals surface area contributed by atoms with Crippen LogP contribution in [0.15, 0.2) is 0 Å². The lowest BCUT2D eigenvalue weighted by atomic mass is 10.0. The van der Waals surface area contributed by atoms with Crippen LogP contribution in [0, 0.1) is 0 Å². The summed E-state index contributed by atoms with van der Waals surface area (Å²) in [5.41, 5.74) is 0. The maximum Gasteiger partial charge on any atom is 0.0786 e. The number of halogens is 1. The van der Waals surface area contributed by atoms with E-state index in [9.17, 15) is 0 Å². The number of hydrogen-bond donors (Lipinski definition) is 0. The molecule has 0 amide bonds. The molecule has 0 aliphatic carbocycles. The van der Waals surface area contributed by atoms with Crippen molar-refractivity contribution in [3.05, 3.63) is 0 Å². The van der Waals surface area contributed by atoms with Gasteiger partial charge in [0.1, 0.15) is 0 Å². The minimum Gasteiger partial charge on any atom is -1.00 e. The van der Waals surface area contributed by atoms with Crippen LogP contribution < -0.4 is 12.4 Å². The van der Waals surface area contributed by atoms with Crippen LogP contribution in [0.1, 0.15) is 110 Å². The fourth-order valence-electron chi connectivity index (χ4n) is 4.17. The highest BCUT2D eigenvalue weighted by Crippen LogP contribution is 2.22. The summed E-state index contributed by atoms with van der Waals surface area (Å²) in [6, 6.07) is 0. The summed E-state index contributed by atoms with van der Waals surface area (Å²) in [7, 11) is 0. The van der Waals surface area contributed by atoms with Crippen LogP contribution in [0.2, 0.25) is 0 Å². The molecule has 0 radical (unpaired) electrons. The van der Waals surface area contributed by atoms with Gasteiger partial charge in [-0.05, 0) is 38.5 Å². The van der Waals surface area contributed by atoms with Gasteiger partial charge >= 0.3 is 0 Å². The molecule has 1 rings (SSSR count). The van der Waals surface area contributed by atoms with Crippen molar-refractivity contribution in [3.63, 3.8) is 0 Å². The number of likely N-dealkylation sites (tertiary alicyclic amines) is 1. The summed E-state index contributed by atoms with van der Waals surface area (Å²) < 4.78 is 1.48. The molecule has 0 bridgehead atoms. The zero-order valence-electron chi connectivity index (χ0n) is 16.3. The van der Waals surface area contributed by atoms with E-state index in [1.807, 2.05) is 0 Å². The van der Waals surface area contributed by atoms with Gasteiger partial charge in [0, 0.05) is 0 Å². The Morgan fingerprint density at radius 1 is 0.522 bits per heavy atom. The Kier molecular flexibility index (Phi) is 15.9. The Hall–Kier alpha value is 0.250. The number of quaternary nitrogens is 1. The molecule has 1 aliphatic rings. The van der Waals surface area contributed by atoms with E-state index < -0.39 is 0 Å². The van der Waals surface area contributed by atoms with Crippen LogP contribution in [0.4, 0.5) is 0 Å². The van der Waals surface area contributed by atoms with E-state index in [1.165, 1.54) is 127 Å². The van der Waals surface area contributed by atoms with E-state index >= 15 is 0 Å². The summed E-state index contributed by atoms with van der Waals surface area (Å²) in [6.07, 6.45) is 22.0. The lowest BCUT2D eigenvalue weighted by Crippen LogP contribution is -3.00. The fraction of sp³-hybridized carbons (Fsp3) is 1.00. The summed E-state index contributed by atoms with van der Waals surface area (Å²) in [6.45, 7) is 10.6. The quantitative estimate of drug-likeness (QED) is 0.332. The Labute approximate surface area is 153 Å². The second-order valence-corrected chi connectivity index (χ2v) is 7.83. The number of piperidine rings is 1. The van der Waals surface area contributed by atoms with E-state index in [0.29, 0.717) is 0 Å². The second-order valence-electron chi connectivity index (χ2n) is 7.83. The predicted molar refractivity (Wildman–Crippen MR) is 100 cm³/mol. The van der Waals surface area contributed by atoms with Gasteiger partial charge in [-0.15, -0.1) is 0 Å². The molecule has 0 aromatic carbocycles. The average Bonchev–Trinajstić information content (AvgIpc) is 2.56. The van der Waals surface area contributed by atoms with Crippen molar-refractivity contribution >= 4 is 0 Å². The van der Waals surface area contributed by atoms with Crippen molar-refractivity contribution in [2.45, 2.75) is 110 Å². The van der Waals surface area contributed by atoms with E-state index in [1.54, 1.807) is 0 Å². The first kappa shape index (κ1) is 23.2. The number of unbranched alkanes of at least 4 members (excludes halogenated alkanes) is 10. The third-order valence-electron chi connectivity index (χ3n) is 5.74. The molecular formula is C21H44ClN. The number of nitrogens with zero attached hydrogens (tertiary/aromatic N) is 1. The molecule has 1 heterocycles. The van der Waals surface area contributed by atoms with Crippen LogP contribution >= 0.6 is 0 Å². The predicted octanol–water partition coefficient (Wildman–Crippen LogP) is 3.71. The van der Waals surface area contributed by atoms with E-state index in [4.69, 9.17) is 0 Å². The van der Waals surface area contributed by atoms with E-state index in [2.05, 4.69) is 13.8 Å². The Morgan fingerprint density at radius 3 is 1.48 bits per heavy atom. The van der Waals surface area contributed by atoms with Gasteiger partial charge in [-0.1, -0.05) is 71.6 Å². The standard InChI is InChI=1S/C21H44N.ClH/c1-3-5-7-8-9-10-11-12-13-15-19-22(18-6-4-2)20-16-14-17-21-22;/h3-21H2,1-2H3;1H/q+1;/p-1. The van der Waals surface area contributed by atoms with Crippen LogP contribution in [-0.4, -0.2) is 30.7 Å². The topological polar surface area (TPSA) is 0 Å². The molecule has 2 heteroatoms. The normalized spacial score (nSPS) is 17.0. The molecule has 0 atom stereocenters. The van der Waals surface area contributed by atoms with Crippen molar-refractivity contribution < 1.29 is 16.9 Å². The first-order valence-electron chi connectivity index (χ1n) is 10.7. The molecule has 0 spiro atoms. The maximum absolute atomic E-state index is 2.35. The maximum atomic E-state index is 2.35. The molecule has 0 aromatic rings. The Morgan fingerprint density at radius 2 is 0.957 bits per heavy atom. The van der Waals surface area contributed by atoms with Crippen molar-refractivity contribution in [3.8, 4) is 0 Å². The average molecular weight is 346 g/mol. The van der Waals surface area contributed by atoms with Crippen molar-refractivity contribution in [1.82, 2.24) is 0 Å². The molecule has 0 unspecified atom stereocenters. The highest BCUT2D eigenvalue weighted by atomic mass is 35.5. The first-order valence-corrected chi connectivity index (χ1v) is 10.7. The van der Waals surface area contributed by atoms with Crippen LogP contribution in [0.25, 0.3) is 0 Å². The van der Waals surface area contributed by atoms with Gasteiger partial charge in [0.15, 0.2) is 0 Å². The largest absolute Gasteiger partial charge is 1.00 e. The molecule has 1 aliphatic heterocycles. The first-order chi connectivity index (χ1) is 10.8. The third kappa shape index (κ3) is 11.4. The molecule has 1 fully saturated rings. The van der Waals surface area contributed by atoms with Gasteiger partial charge in [0.25, 0.3) is 0 Å². The molecule has 1 saturated heterocycles. The summed E-state index contributed by atoms with van der Waals surface area (Å²) in [5.74, 6) is 0. The number of rotatable bonds is 14. The van der Waals surface area contributed by atoms with Crippen molar-refractivity contribution in [2.24, 2.45) is 0 Å². The van der Waals surface area contributed by atoms with Gasteiger partial charge in [0.2, 0.25) is 0 Å². The Bertz CT molecular complexity index is 236.